The quantitative estimate of drug-likeness (QED) is 0.161. The molecule has 0 radical (unpaired) electrons. The molecule has 0 spiro atoms. The van der Waals surface area contributed by atoms with Crippen molar-refractivity contribution >= 4 is 23.7 Å². The minimum absolute atomic E-state index is 0.103. The van der Waals surface area contributed by atoms with Gasteiger partial charge in [-0.2, -0.15) is 0 Å². The lowest BCUT2D eigenvalue weighted by Gasteiger charge is -2.33. The second-order valence-corrected chi connectivity index (χ2v) is 13.1. The molecule has 2 aromatic heterocycles. The fraction of sp³-hybridized carbons (Fsp3) is 0.395. The maximum atomic E-state index is 13.1. The number of alkyl carbamates (subject to hydrolysis) is 1. The third-order valence-electron chi connectivity index (χ3n) is 8.33. The van der Waals surface area contributed by atoms with Gasteiger partial charge in [0.2, 0.25) is 0 Å². The van der Waals surface area contributed by atoms with Crippen LogP contribution < -0.4 is 15.5 Å². The van der Waals surface area contributed by atoms with Crippen molar-refractivity contribution in [3.63, 3.8) is 0 Å². The van der Waals surface area contributed by atoms with E-state index in [1.807, 2.05) is 61.5 Å². The largest absolute Gasteiger partial charge is 0.458 e. The Kier molecular flexibility index (Phi) is 11.6. The monoisotopic (exact) mass is 650 g/mol. The fourth-order valence-corrected chi connectivity index (χ4v) is 5.81. The summed E-state index contributed by atoms with van der Waals surface area (Å²) in [5.74, 6) is 1.64. The van der Waals surface area contributed by atoms with E-state index < -0.39 is 23.7 Å². The van der Waals surface area contributed by atoms with Crippen LogP contribution in [0.1, 0.15) is 74.0 Å². The molecule has 1 aliphatic heterocycles. The summed E-state index contributed by atoms with van der Waals surface area (Å²) in [5, 5.41) is 6.17. The molecule has 5 rings (SSSR count). The Bertz CT molecular complexity index is 1640. The van der Waals surface area contributed by atoms with Gasteiger partial charge >= 0.3 is 12.1 Å². The molecule has 1 fully saturated rings. The molecule has 3 heterocycles. The first kappa shape index (κ1) is 34.3. The first-order valence-electron chi connectivity index (χ1n) is 16.6. The topological polar surface area (TPSA) is 119 Å². The van der Waals surface area contributed by atoms with Crippen LogP contribution in [0.4, 0.5) is 16.4 Å². The number of aromatic nitrogens is 3. The summed E-state index contributed by atoms with van der Waals surface area (Å²) in [6.45, 7) is 9.95. The summed E-state index contributed by atoms with van der Waals surface area (Å²) in [7, 11) is 0. The average molecular weight is 651 g/mol. The number of amides is 1. The first-order chi connectivity index (χ1) is 23.1. The zero-order valence-electron chi connectivity index (χ0n) is 28.3. The van der Waals surface area contributed by atoms with Crippen molar-refractivity contribution in [1.29, 1.82) is 0 Å². The summed E-state index contributed by atoms with van der Waals surface area (Å²) in [4.78, 5) is 42.3. The molecule has 0 bridgehead atoms. The van der Waals surface area contributed by atoms with Crippen LogP contribution in [-0.4, -0.2) is 51.7 Å². The predicted octanol–water partition coefficient (Wildman–Crippen LogP) is 6.75. The van der Waals surface area contributed by atoms with Gasteiger partial charge < -0.3 is 25.0 Å². The van der Waals surface area contributed by atoms with Gasteiger partial charge in [-0.3, -0.25) is 0 Å². The van der Waals surface area contributed by atoms with E-state index in [0.717, 1.165) is 66.6 Å². The van der Waals surface area contributed by atoms with Gasteiger partial charge in [0, 0.05) is 42.5 Å². The van der Waals surface area contributed by atoms with E-state index in [4.69, 9.17) is 14.5 Å². The highest BCUT2D eigenvalue weighted by atomic mass is 16.6. The number of carbonyl (C=O) groups is 2. The highest BCUT2D eigenvalue weighted by molar-refractivity contribution is 5.81. The van der Waals surface area contributed by atoms with Crippen molar-refractivity contribution in [2.75, 3.05) is 23.3 Å². The Balaban J connectivity index is 1.18. The zero-order valence-corrected chi connectivity index (χ0v) is 28.3. The molecule has 2 aromatic carbocycles. The van der Waals surface area contributed by atoms with Crippen LogP contribution in [0.25, 0.3) is 0 Å². The first-order valence-corrected chi connectivity index (χ1v) is 16.6. The lowest BCUT2D eigenvalue weighted by Crippen LogP contribution is -2.44. The number of esters is 1. The summed E-state index contributed by atoms with van der Waals surface area (Å²) in [6.07, 6.45) is 3.58. The molecule has 1 amide bonds. The van der Waals surface area contributed by atoms with Crippen LogP contribution in [-0.2, 0) is 33.8 Å². The molecule has 10 nitrogen and oxygen atoms in total. The van der Waals surface area contributed by atoms with Crippen LogP contribution in [0.5, 0.6) is 0 Å². The van der Waals surface area contributed by atoms with Crippen molar-refractivity contribution in [2.24, 2.45) is 0 Å². The van der Waals surface area contributed by atoms with E-state index in [1.165, 1.54) is 5.56 Å². The summed E-state index contributed by atoms with van der Waals surface area (Å²) in [5.41, 5.74) is 4.27. The zero-order chi connectivity index (χ0) is 33.9. The smallest absolute Gasteiger partial charge is 0.408 e. The number of piperidine rings is 1. The van der Waals surface area contributed by atoms with Crippen LogP contribution in [0.2, 0.25) is 0 Å². The van der Waals surface area contributed by atoms with E-state index in [2.05, 4.69) is 49.8 Å². The fourth-order valence-electron chi connectivity index (χ4n) is 5.81. The van der Waals surface area contributed by atoms with E-state index in [1.54, 1.807) is 27.1 Å². The number of anilines is 2. The molecule has 1 unspecified atom stereocenters. The van der Waals surface area contributed by atoms with Crippen molar-refractivity contribution in [2.45, 2.75) is 84.1 Å². The molecule has 1 atom stereocenters. The molecular formula is C38H46N6O4. The maximum Gasteiger partial charge on any atom is 0.408 e. The molecule has 0 saturated carbocycles. The average Bonchev–Trinajstić information content (AvgIpc) is 3.09. The van der Waals surface area contributed by atoms with Gasteiger partial charge in [0.15, 0.2) is 0 Å². The number of carbonyl (C=O) groups excluding carboxylic acids is 2. The Morgan fingerprint density at radius 1 is 0.917 bits per heavy atom. The molecule has 48 heavy (non-hydrogen) atoms. The Morgan fingerprint density at radius 3 is 2.29 bits per heavy atom. The minimum atomic E-state index is -0.897. The van der Waals surface area contributed by atoms with Gasteiger partial charge in [0.1, 0.15) is 36.2 Å². The van der Waals surface area contributed by atoms with E-state index in [0.29, 0.717) is 18.8 Å². The van der Waals surface area contributed by atoms with Crippen molar-refractivity contribution < 1.29 is 19.1 Å². The number of hydrogen-bond donors (Lipinski definition) is 2. The second-order valence-electron chi connectivity index (χ2n) is 13.1. The SMILES string of the molecule is Cc1c(CCC(NC(=O)OCc2ccccc2)C(=O)OC(C)(C)C)ncnc1N1CCC(c2cccc(NCc3ccccc3)n2)CC1. The van der Waals surface area contributed by atoms with Gasteiger partial charge in [-0.05, 0) is 76.6 Å². The molecule has 10 heteroatoms. The molecule has 1 saturated heterocycles. The van der Waals surface area contributed by atoms with Crippen molar-refractivity contribution in [3.05, 3.63) is 113 Å². The Morgan fingerprint density at radius 2 is 1.60 bits per heavy atom. The molecule has 2 N–H and O–H groups in total. The Labute approximate surface area is 283 Å². The molecule has 4 aromatic rings. The number of benzene rings is 2. The molecule has 0 aliphatic carbocycles. The van der Waals surface area contributed by atoms with Crippen LogP contribution in [0.3, 0.4) is 0 Å². The van der Waals surface area contributed by atoms with Crippen LogP contribution in [0.15, 0.2) is 85.2 Å². The standard InChI is InChI=1S/C38H46N6O4/c1-27-31(18-19-33(36(45)48-38(2,3)4)43-37(46)47-25-29-14-9-6-10-15-29)40-26-41-35(27)44-22-20-30(21-23-44)32-16-11-17-34(42-32)39-24-28-12-7-5-8-13-28/h5-17,26,30,33H,18-25H2,1-4H3,(H,39,42)(H,43,46). The van der Waals surface area contributed by atoms with Crippen LogP contribution >= 0.6 is 0 Å². The summed E-state index contributed by atoms with van der Waals surface area (Å²) in [6, 6.07) is 25.0. The lowest BCUT2D eigenvalue weighted by atomic mass is 9.92. The second kappa shape index (κ2) is 16.2. The third kappa shape index (κ3) is 10.0. The summed E-state index contributed by atoms with van der Waals surface area (Å²) < 4.78 is 11.0. The number of rotatable bonds is 12. The highest BCUT2D eigenvalue weighted by Crippen LogP contribution is 2.31. The number of hydrogen-bond acceptors (Lipinski definition) is 9. The maximum absolute atomic E-state index is 13.1. The predicted molar refractivity (Wildman–Crippen MR) is 187 cm³/mol. The van der Waals surface area contributed by atoms with Crippen molar-refractivity contribution in [1.82, 2.24) is 20.3 Å². The normalized spacial score (nSPS) is 14.2. The molecular weight excluding hydrogens is 604 g/mol. The number of ether oxygens (including phenoxy) is 2. The van der Waals surface area contributed by atoms with E-state index in [-0.39, 0.29) is 6.61 Å². The number of nitrogens with one attached hydrogen (secondary N) is 2. The number of pyridine rings is 1. The van der Waals surface area contributed by atoms with Crippen LogP contribution in [0, 0.1) is 6.92 Å². The summed E-state index contributed by atoms with van der Waals surface area (Å²) >= 11 is 0. The van der Waals surface area contributed by atoms with Gasteiger partial charge in [0.05, 0.1) is 0 Å². The Hall–Kier alpha value is -4.99. The van der Waals surface area contributed by atoms with Gasteiger partial charge in [-0.1, -0.05) is 66.7 Å². The highest BCUT2D eigenvalue weighted by Gasteiger charge is 2.29. The minimum Gasteiger partial charge on any atom is -0.458 e. The lowest BCUT2D eigenvalue weighted by molar-refractivity contribution is -0.157. The third-order valence-corrected chi connectivity index (χ3v) is 8.33. The van der Waals surface area contributed by atoms with Gasteiger partial charge in [-0.25, -0.2) is 24.5 Å². The van der Waals surface area contributed by atoms with Crippen molar-refractivity contribution in [3.8, 4) is 0 Å². The van der Waals surface area contributed by atoms with E-state index in [9.17, 15) is 9.59 Å². The van der Waals surface area contributed by atoms with Gasteiger partial charge in [0.25, 0.3) is 0 Å². The molecule has 1 aliphatic rings. The number of nitrogens with zero attached hydrogens (tertiary/aromatic N) is 4. The van der Waals surface area contributed by atoms with E-state index >= 15 is 0 Å². The van der Waals surface area contributed by atoms with Gasteiger partial charge in [-0.15, -0.1) is 0 Å². The number of aryl methyl sites for hydroxylation is 1. The molecule has 252 valence electrons.